The van der Waals surface area contributed by atoms with E-state index in [2.05, 4.69) is 25.3 Å². The molecule has 57 heavy (non-hydrogen) atoms. The van der Waals surface area contributed by atoms with Gasteiger partial charge in [-0.3, -0.25) is 28.9 Å². The Morgan fingerprint density at radius 1 is 0.930 bits per heavy atom. The number of fused-ring (bicyclic) bond motifs is 5. The van der Waals surface area contributed by atoms with Gasteiger partial charge in [-0.15, -0.1) is 0 Å². The van der Waals surface area contributed by atoms with Crippen LogP contribution in [0.2, 0.25) is 0 Å². The number of para-hydroxylation sites is 1. The molecule has 8 rings (SSSR count). The lowest BCUT2D eigenvalue weighted by molar-refractivity contribution is -0.141. The fourth-order valence-corrected chi connectivity index (χ4v) is 9.07. The first-order chi connectivity index (χ1) is 26.5. The zero-order chi connectivity index (χ0) is 38.3. The number of carbonyl (C=O) groups excluding carboxylic acids is 4. The predicted octanol–water partition coefficient (Wildman–Crippen LogP) is 1.99. The smallest absolute Gasteiger partial charge is 0.272 e. The fraction of sp³-hybridized carbons (Fsp3) is 0.425. The van der Waals surface area contributed by atoms with Gasteiger partial charge >= 0.3 is 0 Å². The average molecular weight is 802 g/mol. The largest absolute Gasteiger partial charge is 0.472 e. The van der Waals surface area contributed by atoms with Crippen molar-refractivity contribution >= 4 is 55.3 Å². The number of amides is 4. The van der Waals surface area contributed by atoms with Gasteiger partial charge in [0.2, 0.25) is 27.7 Å². The molecule has 5 atom stereocenters. The molecule has 0 spiro atoms. The summed E-state index contributed by atoms with van der Waals surface area (Å²) in [5, 5.41) is 7.79. The normalized spacial score (nSPS) is 25.6. The maximum Gasteiger partial charge on any atom is 0.272 e. The summed E-state index contributed by atoms with van der Waals surface area (Å²) in [5.74, 6) is -2.52. The highest BCUT2D eigenvalue weighted by atomic mass is 32.2. The summed E-state index contributed by atoms with van der Waals surface area (Å²) in [7, 11) is -3.89. The first kappa shape index (κ1) is 41.1. The lowest BCUT2D eigenvalue weighted by atomic mass is 10.0. The Balaban J connectivity index is 0.00000275. The number of nitrogens with zero attached hydrogens (tertiary/aromatic N) is 4. The van der Waals surface area contributed by atoms with Gasteiger partial charge in [0.1, 0.15) is 29.4 Å². The Hall–Kier alpha value is -5.52. The van der Waals surface area contributed by atoms with Crippen LogP contribution in [0.15, 0.2) is 73.1 Å². The molecule has 0 radical (unpaired) electrons. The van der Waals surface area contributed by atoms with Crippen molar-refractivity contribution in [2.45, 2.75) is 93.7 Å². The van der Waals surface area contributed by atoms with Crippen LogP contribution in [0.4, 0.5) is 0 Å². The Labute approximate surface area is 329 Å². The molecule has 2 aromatic carbocycles. The predicted molar refractivity (Wildman–Crippen MR) is 210 cm³/mol. The SMILES string of the molecule is Cc1cnc(C(=O)N[C@H]2CCCCC/C=C\[C@H]3C[C@@]3(C(=O)NS(=O)(=O)C3CC3)NC(=O)[C@@H]3C[C@@H](Oc4nc5ccccc5c5ccccc45)CN3C2=O)cn1.O.O. The Bertz CT molecular complexity index is 2320. The Morgan fingerprint density at radius 3 is 2.40 bits per heavy atom. The first-order valence-corrected chi connectivity index (χ1v) is 20.5. The first-order valence-electron chi connectivity index (χ1n) is 18.9. The van der Waals surface area contributed by atoms with E-state index in [1.165, 1.54) is 17.3 Å². The van der Waals surface area contributed by atoms with E-state index < -0.39 is 68.5 Å². The minimum Gasteiger partial charge on any atom is -0.472 e. The van der Waals surface area contributed by atoms with Crippen molar-refractivity contribution in [3.63, 3.8) is 0 Å². The van der Waals surface area contributed by atoms with Crippen LogP contribution in [0, 0.1) is 12.8 Å². The number of carbonyl (C=O) groups is 4. The van der Waals surface area contributed by atoms with Gasteiger partial charge in [-0.25, -0.2) is 18.4 Å². The van der Waals surface area contributed by atoms with Crippen molar-refractivity contribution in [2.24, 2.45) is 5.92 Å². The van der Waals surface area contributed by atoms with Crippen molar-refractivity contribution in [3.8, 4) is 5.88 Å². The molecular weight excluding hydrogens is 755 g/mol. The molecule has 2 saturated carbocycles. The lowest BCUT2D eigenvalue weighted by Crippen LogP contribution is -2.58. The van der Waals surface area contributed by atoms with E-state index >= 15 is 0 Å². The van der Waals surface area contributed by atoms with Crippen molar-refractivity contribution in [2.75, 3.05) is 6.54 Å². The summed E-state index contributed by atoms with van der Waals surface area (Å²) in [4.78, 5) is 70.9. The number of sulfonamides is 1. The van der Waals surface area contributed by atoms with Crippen LogP contribution in [-0.2, 0) is 24.4 Å². The lowest BCUT2D eigenvalue weighted by Gasteiger charge is -2.29. The van der Waals surface area contributed by atoms with E-state index in [0.717, 1.165) is 34.5 Å². The Morgan fingerprint density at radius 2 is 1.67 bits per heavy atom. The summed E-state index contributed by atoms with van der Waals surface area (Å²) in [6.45, 7) is 1.75. The number of benzene rings is 2. The highest BCUT2D eigenvalue weighted by Gasteiger charge is 2.62. The molecule has 4 aliphatic rings. The molecule has 2 aliphatic carbocycles. The van der Waals surface area contributed by atoms with E-state index in [9.17, 15) is 27.6 Å². The molecule has 302 valence electrons. The summed E-state index contributed by atoms with van der Waals surface area (Å²) in [5.41, 5.74) is -0.0889. The third-order valence-corrected chi connectivity index (χ3v) is 12.8. The Kier molecular flexibility index (Phi) is 11.9. The van der Waals surface area contributed by atoms with Gasteiger partial charge in [-0.2, -0.15) is 0 Å². The van der Waals surface area contributed by atoms with Crippen LogP contribution < -0.4 is 20.1 Å². The van der Waals surface area contributed by atoms with Gasteiger partial charge in [-0.1, -0.05) is 61.4 Å². The second-order valence-corrected chi connectivity index (χ2v) is 17.0. The monoisotopic (exact) mass is 801 g/mol. The van der Waals surface area contributed by atoms with E-state index in [0.29, 0.717) is 43.7 Å². The van der Waals surface area contributed by atoms with E-state index in [-0.39, 0.29) is 36.0 Å². The minimum absolute atomic E-state index is 0. The summed E-state index contributed by atoms with van der Waals surface area (Å²) in [6, 6.07) is 13.3. The van der Waals surface area contributed by atoms with Gasteiger partial charge in [0.05, 0.1) is 29.2 Å². The van der Waals surface area contributed by atoms with Gasteiger partial charge in [0.25, 0.3) is 11.8 Å². The topological polar surface area (TPSA) is 253 Å². The highest BCUT2D eigenvalue weighted by molar-refractivity contribution is 7.91. The third kappa shape index (κ3) is 8.45. The number of nitrogens with one attached hydrogen (secondary N) is 3. The van der Waals surface area contributed by atoms with Gasteiger partial charge in [0.15, 0.2) is 0 Å². The molecule has 17 heteroatoms. The number of aryl methyl sites for hydroxylation is 1. The summed E-state index contributed by atoms with van der Waals surface area (Å²) < 4.78 is 34.6. The number of hydrogen-bond acceptors (Lipinski definition) is 10. The quantitative estimate of drug-likeness (QED) is 0.181. The molecule has 0 unspecified atom stereocenters. The van der Waals surface area contributed by atoms with Crippen LogP contribution in [-0.4, -0.2) is 98.4 Å². The number of pyridine rings is 1. The van der Waals surface area contributed by atoms with E-state index in [4.69, 9.17) is 9.72 Å². The zero-order valence-corrected chi connectivity index (χ0v) is 32.3. The molecule has 4 amide bonds. The van der Waals surface area contributed by atoms with Crippen LogP contribution in [0.5, 0.6) is 5.88 Å². The van der Waals surface area contributed by atoms with Gasteiger partial charge < -0.3 is 31.2 Å². The molecule has 0 bridgehead atoms. The van der Waals surface area contributed by atoms with Crippen molar-refractivity contribution in [3.05, 3.63) is 84.5 Å². The van der Waals surface area contributed by atoms with Crippen LogP contribution in [0.1, 0.15) is 74.0 Å². The van der Waals surface area contributed by atoms with E-state index in [1.54, 1.807) is 6.92 Å². The van der Waals surface area contributed by atoms with Crippen LogP contribution in [0.3, 0.4) is 0 Å². The maximum atomic E-state index is 14.6. The molecule has 4 heterocycles. The molecule has 2 aromatic heterocycles. The average Bonchev–Trinajstić information content (AvgIpc) is 4.11. The molecule has 3 fully saturated rings. The minimum atomic E-state index is -3.89. The van der Waals surface area contributed by atoms with E-state index in [1.807, 2.05) is 60.7 Å². The number of hydrogen-bond donors (Lipinski definition) is 3. The van der Waals surface area contributed by atoms with Crippen molar-refractivity contribution in [1.82, 2.24) is 35.2 Å². The third-order valence-electron chi connectivity index (χ3n) is 11.0. The molecule has 7 N–H and O–H groups in total. The number of ether oxygens (including phenoxy) is 1. The van der Waals surface area contributed by atoms with Crippen LogP contribution >= 0.6 is 0 Å². The molecular formula is C40H47N7O9S. The molecule has 4 aromatic rings. The fourth-order valence-electron chi connectivity index (χ4n) is 7.71. The molecule has 1 saturated heterocycles. The second-order valence-electron chi connectivity index (χ2n) is 15.0. The highest BCUT2D eigenvalue weighted by Crippen LogP contribution is 2.46. The van der Waals surface area contributed by atoms with Gasteiger partial charge in [0, 0.05) is 29.3 Å². The van der Waals surface area contributed by atoms with Crippen LogP contribution in [0.25, 0.3) is 21.7 Å². The van der Waals surface area contributed by atoms with Gasteiger partial charge in [-0.05, 0) is 63.0 Å². The number of allylic oxidation sites excluding steroid dienone is 1. The van der Waals surface area contributed by atoms with Crippen molar-refractivity contribution < 1.29 is 43.3 Å². The second kappa shape index (κ2) is 16.5. The summed E-state index contributed by atoms with van der Waals surface area (Å²) >= 11 is 0. The summed E-state index contributed by atoms with van der Waals surface area (Å²) in [6.07, 6.45) is 10.4. The maximum absolute atomic E-state index is 14.6. The zero-order valence-electron chi connectivity index (χ0n) is 31.4. The number of rotatable bonds is 7. The molecule has 16 nitrogen and oxygen atoms in total. The standard InChI is InChI=1S/C40H43N7O7S.2H2O/c1-24-21-42-33(22-41-24)35(48)43-32-16-6-4-2-3-5-11-25-20-40(25,39(51)46-55(52,53)27-17-18-27)45-36(49)34-19-26(23-47(34)38(32)50)54-37-30-14-8-7-12-28(30)29-13-9-10-15-31(29)44-37;;/h5,7-15,21-22,25-27,32,34H,2-4,6,16-20,23H2,1H3,(H,43,48)(H,45,49)(H,46,51);2*1H2/b11-5-;;/t25-,26+,32-,34-,40+;;/m0../s1. The van der Waals surface area contributed by atoms with Crippen molar-refractivity contribution in [1.29, 1.82) is 0 Å². The number of aromatic nitrogens is 3. The molecule has 2 aliphatic heterocycles.